The highest BCUT2D eigenvalue weighted by molar-refractivity contribution is 6.25. The number of pyridine rings is 2. The summed E-state index contributed by atoms with van der Waals surface area (Å²) in [4.78, 5) is 102. The molecule has 512 valence electrons. The van der Waals surface area contributed by atoms with Crippen molar-refractivity contribution in [3.63, 3.8) is 0 Å². The van der Waals surface area contributed by atoms with Gasteiger partial charge >= 0.3 is 0 Å². The maximum absolute atomic E-state index is 13.8. The SMILES string of the molecule is Cc1cc(C)c(CNC(=O)c2cc(-c3ccc(N4CCN(CCNC(=O)CCOCCOCCOCCOCCOCCOCCOCCOCCOCCOCCNc5cccc6c5C(=O)N(C5CCC(=O)NC5=O)C6=O)CC4)nc3)cc3c2cnn3C(C)C)c(=O)[nH]1. The first-order valence-electron chi connectivity index (χ1n) is 32.3. The van der Waals surface area contributed by atoms with Crippen LogP contribution in [0.25, 0.3) is 22.0 Å². The Morgan fingerprint density at radius 1 is 0.638 bits per heavy atom. The number of piperazine rings is 1. The Kier molecular flexibility index (Phi) is 29.7. The minimum absolute atomic E-state index is 0.0545. The van der Waals surface area contributed by atoms with Gasteiger partial charge in [-0.1, -0.05) is 6.07 Å². The number of nitrogens with one attached hydrogen (secondary N) is 5. The summed E-state index contributed by atoms with van der Waals surface area (Å²) in [5.41, 5.74) is 5.79. The zero-order chi connectivity index (χ0) is 66.4. The van der Waals surface area contributed by atoms with E-state index in [1.807, 2.05) is 68.9 Å². The molecule has 2 fully saturated rings. The Labute approximate surface area is 547 Å². The Morgan fingerprint density at radius 2 is 1.22 bits per heavy atom. The van der Waals surface area contributed by atoms with Gasteiger partial charge in [0.05, 0.1) is 161 Å². The van der Waals surface area contributed by atoms with E-state index in [9.17, 15) is 33.6 Å². The number of imide groups is 2. The van der Waals surface area contributed by atoms with Crippen molar-refractivity contribution in [1.29, 1.82) is 0 Å². The molecule has 6 amide bonds. The van der Waals surface area contributed by atoms with Crippen LogP contribution < -0.4 is 31.7 Å². The second-order valence-corrected chi connectivity index (χ2v) is 22.8. The lowest BCUT2D eigenvalue weighted by Crippen LogP contribution is -2.54. The number of aryl methyl sites for hydroxylation is 2. The fourth-order valence-corrected chi connectivity index (χ4v) is 10.8. The van der Waals surface area contributed by atoms with Crippen LogP contribution in [0.3, 0.4) is 0 Å². The van der Waals surface area contributed by atoms with Gasteiger partial charge < -0.3 is 73.2 Å². The third-order valence-electron chi connectivity index (χ3n) is 15.7. The van der Waals surface area contributed by atoms with E-state index in [1.54, 1.807) is 24.4 Å². The number of hydrogen-bond acceptors (Lipinski definition) is 22. The standard InChI is InChI=1S/C66H91N11O17/c1-46(2)77-57-42-50(41-52(54(57)45-71-77)62(80)70-44-53-47(3)40-48(4)72-63(53)81)49-8-10-58(69-43-49)75-18-16-74(17-19-75)15-13-68-59(78)12-20-85-22-24-87-26-28-89-30-32-91-34-36-93-38-39-94-37-35-92-33-31-90-29-27-88-25-23-86-21-14-67-55-7-5-6-51-61(55)66(84)76(65(51)83)56-9-11-60(79)73-64(56)82/h5-8,10,40-43,45-46,56,67H,9,11-39,44H2,1-4H3,(H,68,78)(H,70,80)(H,72,81)(H,73,79,82). The lowest BCUT2D eigenvalue weighted by Gasteiger charge is -2.35. The minimum atomic E-state index is -1.02. The molecule has 3 aliphatic heterocycles. The zero-order valence-electron chi connectivity index (χ0n) is 54.5. The lowest BCUT2D eigenvalue weighted by molar-refractivity contribution is -0.136. The number of carbonyl (C=O) groups excluding carboxylic acids is 6. The molecule has 0 radical (unpaired) electrons. The minimum Gasteiger partial charge on any atom is -0.382 e. The second kappa shape index (κ2) is 38.7. The average molecular weight is 1310 g/mol. The summed E-state index contributed by atoms with van der Waals surface area (Å²) in [5.74, 6) is -1.68. The first-order chi connectivity index (χ1) is 45.8. The molecule has 1 atom stereocenters. The summed E-state index contributed by atoms with van der Waals surface area (Å²) in [6.07, 6.45) is 3.98. The van der Waals surface area contributed by atoms with Crippen LogP contribution in [0.5, 0.6) is 0 Å². The number of ether oxygens (including phenoxy) is 10. The molecule has 2 saturated heterocycles. The largest absolute Gasteiger partial charge is 0.382 e. The fraction of sp³-hybridized carbons (Fsp3) is 0.561. The maximum Gasteiger partial charge on any atom is 0.264 e. The van der Waals surface area contributed by atoms with Crippen molar-refractivity contribution >= 4 is 57.9 Å². The molecule has 6 heterocycles. The smallest absolute Gasteiger partial charge is 0.264 e. The summed E-state index contributed by atoms with van der Waals surface area (Å²) in [6.45, 7) is 21.0. The number of H-pyrrole nitrogens is 1. The van der Waals surface area contributed by atoms with E-state index in [0.29, 0.717) is 162 Å². The van der Waals surface area contributed by atoms with Crippen LogP contribution in [0.4, 0.5) is 11.5 Å². The molecule has 0 bridgehead atoms. The van der Waals surface area contributed by atoms with E-state index < -0.39 is 29.7 Å². The summed E-state index contributed by atoms with van der Waals surface area (Å²) < 4.78 is 57.5. The van der Waals surface area contributed by atoms with Crippen LogP contribution in [0.1, 0.15) is 87.0 Å². The van der Waals surface area contributed by atoms with Crippen molar-refractivity contribution in [2.45, 2.75) is 65.6 Å². The van der Waals surface area contributed by atoms with E-state index >= 15 is 0 Å². The molecule has 94 heavy (non-hydrogen) atoms. The first kappa shape index (κ1) is 72.2. The first-order valence-corrected chi connectivity index (χ1v) is 32.3. The summed E-state index contributed by atoms with van der Waals surface area (Å²) >= 11 is 0. The number of aromatic nitrogens is 4. The summed E-state index contributed by atoms with van der Waals surface area (Å²) in [5, 5.41) is 16.6. The number of hydrogen-bond donors (Lipinski definition) is 5. The molecular weight excluding hydrogens is 1220 g/mol. The van der Waals surface area contributed by atoms with Crippen LogP contribution in [0, 0.1) is 13.8 Å². The Hall–Kier alpha value is -7.61. The number of aromatic amines is 1. The number of benzene rings is 2. The molecule has 28 nitrogen and oxygen atoms in total. The van der Waals surface area contributed by atoms with E-state index in [4.69, 9.17) is 52.4 Å². The summed E-state index contributed by atoms with van der Waals surface area (Å²) in [6, 6.07) is 13.8. The third-order valence-corrected chi connectivity index (χ3v) is 15.7. The van der Waals surface area contributed by atoms with Crippen LogP contribution in [0.15, 0.2) is 65.7 Å². The highest BCUT2D eigenvalue weighted by atomic mass is 16.6. The van der Waals surface area contributed by atoms with Gasteiger partial charge in [-0.05, 0) is 87.7 Å². The Bertz CT molecular complexity index is 3320. The van der Waals surface area contributed by atoms with E-state index in [2.05, 4.69) is 41.1 Å². The summed E-state index contributed by atoms with van der Waals surface area (Å²) in [7, 11) is 0. The molecule has 0 aliphatic carbocycles. The van der Waals surface area contributed by atoms with Crippen LogP contribution in [0.2, 0.25) is 0 Å². The molecule has 0 saturated carbocycles. The number of piperidine rings is 1. The molecular formula is C66H91N11O17. The van der Waals surface area contributed by atoms with E-state index in [-0.39, 0.29) is 60.3 Å². The van der Waals surface area contributed by atoms with Crippen molar-refractivity contribution in [3.8, 4) is 11.1 Å². The van der Waals surface area contributed by atoms with Gasteiger partial charge in [-0.25, -0.2) is 4.98 Å². The molecule has 0 spiro atoms. The maximum atomic E-state index is 13.8. The fourth-order valence-electron chi connectivity index (χ4n) is 10.8. The second-order valence-electron chi connectivity index (χ2n) is 22.8. The third kappa shape index (κ3) is 22.0. The number of nitrogens with zero attached hydrogens (tertiary/aromatic N) is 6. The van der Waals surface area contributed by atoms with Crippen molar-refractivity contribution < 1.29 is 76.1 Å². The lowest BCUT2D eigenvalue weighted by atomic mass is 10.0. The normalized spacial score (nSPS) is 15.2. The number of fused-ring (bicyclic) bond motifs is 2. The van der Waals surface area contributed by atoms with Crippen molar-refractivity contribution in [3.05, 3.63) is 105 Å². The highest BCUT2D eigenvalue weighted by Crippen LogP contribution is 2.33. The Balaban J connectivity index is 0.534. The predicted molar refractivity (Wildman–Crippen MR) is 347 cm³/mol. The number of amides is 6. The van der Waals surface area contributed by atoms with Crippen LogP contribution >= 0.6 is 0 Å². The number of rotatable bonds is 44. The molecule has 8 rings (SSSR count). The zero-order valence-corrected chi connectivity index (χ0v) is 54.5. The Morgan fingerprint density at radius 3 is 1.78 bits per heavy atom. The quantitative estimate of drug-likeness (QED) is 0.0276. The van der Waals surface area contributed by atoms with Crippen LogP contribution in [-0.2, 0) is 68.3 Å². The highest BCUT2D eigenvalue weighted by Gasteiger charge is 2.45. The van der Waals surface area contributed by atoms with Gasteiger partial charge in [-0.15, -0.1) is 0 Å². The van der Waals surface area contributed by atoms with Gasteiger partial charge in [0.2, 0.25) is 17.7 Å². The molecule has 3 aliphatic rings. The van der Waals surface area contributed by atoms with Crippen molar-refractivity contribution in [2.75, 3.05) is 188 Å². The topological polar surface area (TPSA) is 316 Å². The molecule has 1 unspecified atom stereocenters. The monoisotopic (exact) mass is 1310 g/mol. The molecule has 3 aromatic heterocycles. The van der Waals surface area contributed by atoms with Gasteiger partial charge in [-0.2, -0.15) is 5.10 Å². The molecule has 2 aromatic carbocycles. The average Bonchev–Trinajstić information content (AvgIpc) is 1.60. The van der Waals surface area contributed by atoms with E-state index in [1.165, 1.54) is 0 Å². The van der Waals surface area contributed by atoms with Crippen molar-refractivity contribution in [2.24, 2.45) is 0 Å². The van der Waals surface area contributed by atoms with Gasteiger partial charge in [0.15, 0.2) is 0 Å². The van der Waals surface area contributed by atoms with Gasteiger partial charge in [-0.3, -0.25) is 53.4 Å². The van der Waals surface area contributed by atoms with Gasteiger partial charge in [0.1, 0.15) is 11.9 Å². The van der Waals surface area contributed by atoms with Crippen LogP contribution in [-0.4, -0.2) is 249 Å². The number of carbonyl (C=O) groups is 6. The number of anilines is 2. The van der Waals surface area contributed by atoms with Gasteiger partial charge in [0.25, 0.3) is 23.3 Å². The van der Waals surface area contributed by atoms with E-state index in [0.717, 1.165) is 76.7 Å². The molecule has 5 N–H and O–H groups in total. The van der Waals surface area contributed by atoms with Gasteiger partial charge in [0, 0.05) is 105 Å². The molecule has 28 heteroatoms. The molecule has 5 aromatic rings. The predicted octanol–water partition coefficient (Wildman–Crippen LogP) is 3.22. The van der Waals surface area contributed by atoms with Crippen molar-refractivity contribution in [1.82, 2.24) is 45.5 Å².